The second kappa shape index (κ2) is 10.1. The number of nitrogens with zero attached hydrogens (tertiary/aromatic N) is 4. The van der Waals surface area contributed by atoms with Crippen molar-refractivity contribution in [1.29, 1.82) is 0 Å². The van der Waals surface area contributed by atoms with Gasteiger partial charge in [0.25, 0.3) is 0 Å². The number of hydrogen-bond donors (Lipinski definition) is 1. The molecular formula is C17H24IN5O. The van der Waals surface area contributed by atoms with Crippen molar-refractivity contribution in [2.24, 2.45) is 4.99 Å². The van der Waals surface area contributed by atoms with Gasteiger partial charge < -0.3 is 15.0 Å². The van der Waals surface area contributed by atoms with Crippen molar-refractivity contribution in [2.75, 3.05) is 21.2 Å². The second-order valence-corrected chi connectivity index (χ2v) is 5.16. The predicted octanol–water partition coefficient (Wildman–Crippen LogP) is 2.62. The summed E-state index contributed by atoms with van der Waals surface area (Å²) in [6.07, 6.45) is 1.76. The molecule has 7 heteroatoms. The Morgan fingerprint density at radius 1 is 1.29 bits per heavy atom. The molecule has 2 rings (SSSR count). The molecule has 0 amide bonds. The molecule has 0 radical (unpaired) electrons. The third kappa shape index (κ3) is 5.63. The van der Waals surface area contributed by atoms with E-state index >= 15 is 0 Å². The van der Waals surface area contributed by atoms with Gasteiger partial charge in [-0.15, -0.1) is 24.0 Å². The number of halogens is 1. The number of nitrogens with one attached hydrogen (secondary N) is 1. The topological polar surface area (TPSA) is 62.6 Å². The monoisotopic (exact) mass is 441 g/mol. The van der Waals surface area contributed by atoms with Crippen LogP contribution in [0.1, 0.15) is 17.1 Å². The number of aryl methyl sites for hydroxylation is 1. The van der Waals surface area contributed by atoms with Gasteiger partial charge >= 0.3 is 0 Å². The minimum Gasteiger partial charge on any atom is -0.496 e. The molecule has 0 atom stereocenters. The molecule has 1 aromatic heterocycles. The van der Waals surface area contributed by atoms with E-state index < -0.39 is 0 Å². The van der Waals surface area contributed by atoms with Crippen LogP contribution in [0.3, 0.4) is 0 Å². The lowest BCUT2D eigenvalue weighted by Gasteiger charge is -2.23. The van der Waals surface area contributed by atoms with E-state index in [1.54, 1.807) is 20.4 Å². The van der Waals surface area contributed by atoms with Crippen LogP contribution >= 0.6 is 24.0 Å². The van der Waals surface area contributed by atoms with E-state index in [2.05, 4.69) is 26.3 Å². The van der Waals surface area contributed by atoms with Crippen molar-refractivity contribution >= 4 is 29.9 Å². The number of ether oxygens (including phenoxy) is 1. The van der Waals surface area contributed by atoms with Gasteiger partial charge in [-0.3, -0.25) is 4.99 Å². The summed E-state index contributed by atoms with van der Waals surface area (Å²) < 4.78 is 5.40. The summed E-state index contributed by atoms with van der Waals surface area (Å²) in [6.45, 7) is 3.19. The Bertz CT molecular complexity index is 678. The molecule has 0 fully saturated rings. The Morgan fingerprint density at radius 2 is 2.04 bits per heavy atom. The molecule has 0 bridgehead atoms. The van der Waals surface area contributed by atoms with E-state index in [0.29, 0.717) is 13.1 Å². The zero-order valence-electron chi connectivity index (χ0n) is 14.5. The average Bonchev–Trinajstić information content (AvgIpc) is 2.56. The summed E-state index contributed by atoms with van der Waals surface area (Å²) in [5, 5.41) is 3.32. The molecule has 1 heterocycles. The molecule has 0 saturated heterocycles. The molecule has 1 aromatic carbocycles. The Kier molecular flexibility index (Phi) is 8.45. The first-order chi connectivity index (χ1) is 11.1. The Balaban J connectivity index is 0.00000288. The Morgan fingerprint density at radius 3 is 2.71 bits per heavy atom. The third-order valence-corrected chi connectivity index (χ3v) is 3.43. The largest absolute Gasteiger partial charge is 0.496 e. The fourth-order valence-electron chi connectivity index (χ4n) is 2.32. The molecule has 0 unspecified atom stereocenters. The van der Waals surface area contributed by atoms with Gasteiger partial charge in [-0.1, -0.05) is 18.2 Å². The van der Waals surface area contributed by atoms with Crippen molar-refractivity contribution in [3.05, 3.63) is 53.6 Å². The number of hydrogen-bond acceptors (Lipinski definition) is 4. The maximum Gasteiger partial charge on any atom is 0.194 e. The van der Waals surface area contributed by atoms with Gasteiger partial charge in [0.1, 0.15) is 11.6 Å². The molecule has 0 aliphatic rings. The van der Waals surface area contributed by atoms with Gasteiger partial charge in [0.2, 0.25) is 0 Å². The summed E-state index contributed by atoms with van der Waals surface area (Å²) in [4.78, 5) is 14.9. The highest BCUT2D eigenvalue weighted by Gasteiger charge is 2.10. The lowest BCUT2D eigenvalue weighted by Crippen LogP contribution is -2.38. The van der Waals surface area contributed by atoms with Crippen molar-refractivity contribution in [2.45, 2.75) is 20.0 Å². The molecule has 24 heavy (non-hydrogen) atoms. The van der Waals surface area contributed by atoms with Gasteiger partial charge in [-0.25, -0.2) is 9.97 Å². The molecule has 6 nitrogen and oxygen atoms in total. The summed E-state index contributed by atoms with van der Waals surface area (Å²) in [7, 11) is 5.45. The Labute approximate surface area is 160 Å². The van der Waals surface area contributed by atoms with Crippen LogP contribution in [0.2, 0.25) is 0 Å². The lowest BCUT2D eigenvalue weighted by atomic mass is 10.2. The van der Waals surface area contributed by atoms with Crippen molar-refractivity contribution in [1.82, 2.24) is 20.2 Å². The highest BCUT2D eigenvalue weighted by Crippen LogP contribution is 2.18. The molecule has 130 valence electrons. The van der Waals surface area contributed by atoms with Crippen molar-refractivity contribution < 1.29 is 4.74 Å². The fourth-order valence-corrected chi connectivity index (χ4v) is 2.32. The highest BCUT2D eigenvalue weighted by molar-refractivity contribution is 14.0. The predicted molar refractivity (Wildman–Crippen MR) is 107 cm³/mol. The molecular weight excluding hydrogens is 417 g/mol. The van der Waals surface area contributed by atoms with Gasteiger partial charge in [0.15, 0.2) is 5.96 Å². The van der Waals surface area contributed by atoms with Crippen LogP contribution in [0.5, 0.6) is 5.75 Å². The van der Waals surface area contributed by atoms with Crippen LogP contribution in [0.4, 0.5) is 0 Å². The molecule has 1 N–H and O–H groups in total. The highest BCUT2D eigenvalue weighted by atomic mass is 127. The number of benzene rings is 1. The normalized spacial score (nSPS) is 10.8. The van der Waals surface area contributed by atoms with Crippen LogP contribution in [-0.2, 0) is 13.1 Å². The number of rotatable bonds is 5. The van der Waals surface area contributed by atoms with Gasteiger partial charge in [0, 0.05) is 32.4 Å². The standard InChI is InChI=1S/C17H23N5O.HI/c1-13-19-10-9-15(21-13)11-20-17(18-2)22(3)12-14-7-5-6-8-16(14)23-4;/h5-10H,11-12H2,1-4H3,(H,18,20);1H. The van der Waals surface area contributed by atoms with Crippen molar-refractivity contribution in [3.63, 3.8) is 0 Å². The van der Waals surface area contributed by atoms with Crippen LogP contribution < -0.4 is 10.1 Å². The van der Waals surface area contributed by atoms with Gasteiger partial charge in [-0.2, -0.15) is 0 Å². The molecule has 0 aliphatic carbocycles. The zero-order valence-corrected chi connectivity index (χ0v) is 16.8. The summed E-state index contributed by atoms with van der Waals surface area (Å²) in [5.74, 6) is 2.44. The zero-order chi connectivity index (χ0) is 16.7. The molecule has 0 aliphatic heterocycles. The lowest BCUT2D eigenvalue weighted by molar-refractivity contribution is 0.396. The maximum absolute atomic E-state index is 5.40. The number of aliphatic imine (C=N–C) groups is 1. The van der Waals surface area contributed by atoms with Gasteiger partial charge in [-0.05, 0) is 19.1 Å². The quantitative estimate of drug-likeness (QED) is 0.439. The number of aromatic nitrogens is 2. The smallest absolute Gasteiger partial charge is 0.194 e. The van der Waals surface area contributed by atoms with Crippen LogP contribution in [0, 0.1) is 6.92 Å². The average molecular weight is 441 g/mol. The summed E-state index contributed by atoms with van der Waals surface area (Å²) >= 11 is 0. The van der Waals surface area contributed by atoms with Crippen LogP contribution in [0.25, 0.3) is 0 Å². The molecule has 2 aromatic rings. The maximum atomic E-state index is 5.40. The minimum atomic E-state index is 0. The van der Waals surface area contributed by atoms with E-state index in [0.717, 1.165) is 28.8 Å². The SMILES string of the molecule is CN=C(NCc1ccnc(C)n1)N(C)Cc1ccccc1OC.I. The first-order valence-corrected chi connectivity index (χ1v) is 7.46. The fraction of sp³-hybridized carbons (Fsp3) is 0.353. The third-order valence-electron chi connectivity index (χ3n) is 3.43. The first-order valence-electron chi connectivity index (χ1n) is 7.46. The van der Waals surface area contributed by atoms with Crippen LogP contribution in [-0.4, -0.2) is 42.0 Å². The number of para-hydroxylation sites is 1. The number of methoxy groups -OCH3 is 1. The van der Waals surface area contributed by atoms with Crippen LogP contribution in [0.15, 0.2) is 41.5 Å². The molecule has 0 saturated carbocycles. The summed E-state index contributed by atoms with van der Waals surface area (Å²) in [6, 6.07) is 9.88. The molecule has 0 spiro atoms. The van der Waals surface area contributed by atoms with E-state index in [4.69, 9.17) is 4.74 Å². The van der Waals surface area contributed by atoms with Crippen molar-refractivity contribution in [3.8, 4) is 5.75 Å². The minimum absolute atomic E-state index is 0. The second-order valence-electron chi connectivity index (χ2n) is 5.16. The van der Waals surface area contributed by atoms with Gasteiger partial charge in [0.05, 0.1) is 19.3 Å². The number of guanidine groups is 1. The Hall–Kier alpha value is -1.90. The summed E-state index contributed by atoms with van der Waals surface area (Å²) in [5.41, 5.74) is 2.04. The van der Waals surface area contributed by atoms with E-state index in [1.807, 2.05) is 43.1 Å². The van der Waals surface area contributed by atoms with E-state index in [9.17, 15) is 0 Å². The van der Waals surface area contributed by atoms with E-state index in [1.165, 1.54) is 0 Å². The first kappa shape index (κ1) is 20.1. The van der Waals surface area contributed by atoms with E-state index in [-0.39, 0.29) is 24.0 Å².